The van der Waals surface area contributed by atoms with E-state index in [1.807, 2.05) is 0 Å². The van der Waals surface area contributed by atoms with Crippen LogP contribution < -0.4 is 5.32 Å². The number of hydrogen-bond acceptors (Lipinski definition) is 6. The number of nitrogens with one attached hydrogen (secondary N) is 1. The van der Waals surface area contributed by atoms with Gasteiger partial charge >= 0.3 is 0 Å². The van der Waals surface area contributed by atoms with Crippen LogP contribution in [0.3, 0.4) is 0 Å². The lowest BCUT2D eigenvalue weighted by atomic mass is 9.96. The van der Waals surface area contributed by atoms with E-state index in [-0.39, 0.29) is 15.4 Å². The van der Waals surface area contributed by atoms with Crippen molar-refractivity contribution < 1.29 is 4.79 Å². The summed E-state index contributed by atoms with van der Waals surface area (Å²) in [6, 6.07) is 2.20. The third kappa shape index (κ3) is 2.42. The van der Waals surface area contributed by atoms with E-state index < -0.39 is 0 Å². The fraction of sp³-hybridized carbons (Fsp3) is 0.333. The van der Waals surface area contributed by atoms with Crippen LogP contribution in [-0.2, 0) is 12.8 Å². The lowest BCUT2D eigenvalue weighted by molar-refractivity contribution is 0.102. The number of rotatable bonds is 2. The van der Waals surface area contributed by atoms with E-state index in [0.29, 0.717) is 10.6 Å². The molecule has 1 aliphatic rings. The molecule has 0 saturated heterocycles. The smallest absolute Gasteiger partial charge is 0.287 e. The third-order valence-electron chi connectivity index (χ3n) is 3.10. The standard InChI is InChI=1S/C12H9ClN4OS2/c13-12-17-16-11(20-12)9(18)15-10-7(5-14)6-3-1-2-4-8(6)19-10/h1-4H2,(H,15,18). The summed E-state index contributed by atoms with van der Waals surface area (Å²) < 4.78 is 0.223. The summed E-state index contributed by atoms with van der Waals surface area (Å²) in [5.74, 6) is -0.371. The summed E-state index contributed by atoms with van der Waals surface area (Å²) >= 11 is 8.17. The number of aryl methyl sites for hydroxylation is 1. The van der Waals surface area contributed by atoms with Crippen LogP contribution in [0.1, 0.15) is 38.6 Å². The van der Waals surface area contributed by atoms with Gasteiger partial charge in [-0.2, -0.15) is 5.26 Å². The molecule has 0 spiro atoms. The summed E-state index contributed by atoms with van der Waals surface area (Å²) in [7, 11) is 0. The predicted molar refractivity (Wildman–Crippen MR) is 78.5 cm³/mol. The molecular formula is C12H9ClN4OS2. The zero-order valence-electron chi connectivity index (χ0n) is 10.3. The maximum Gasteiger partial charge on any atom is 0.287 e. The molecule has 2 aromatic heterocycles. The fourth-order valence-electron chi connectivity index (χ4n) is 2.23. The number of nitrogens with zero attached hydrogens (tertiary/aromatic N) is 3. The van der Waals surface area contributed by atoms with Crippen molar-refractivity contribution in [1.29, 1.82) is 5.26 Å². The zero-order chi connectivity index (χ0) is 14.1. The van der Waals surface area contributed by atoms with Crippen LogP contribution >= 0.6 is 34.3 Å². The molecule has 20 heavy (non-hydrogen) atoms. The van der Waals surface area contributed by atoms with E-state index in [4.69, 9.17) is 11.6 Å². The van der Waals surface area contributed by atoms with Crippen molar-refractivity contribution in [3.8, 4) is 6.07 Å². The first-order valence-corrected chi connectivity index (χ1v) is 8.05. The molecule has 0 fully saturated rings. The number of aromatic nitrogens is 2. The highest BCUT2D eigenvalue weighted by molar-refractivity contribution is 7.18. The highest BCUT2D eigenvalue weighted by Gasteiger charge is 2.23. The molecule has 0 aromatic carbocycles. The van der Waals surface area contributed by atoms with Crippen LogP contribution in [0, 0.1) is 11.3 Å². The van der Waals surface area contributed by atoms with Crippen molar-refractivity contribution in [2.75, 3.05) is 5.32 Å². The number of halogens is 1. The van der Waals surface area contributed by atoms with Gasteiger partial charge in [0.1, 0.15) is 11.1 Å². The first kappa shape index (κ1) is 13.5. The van der Waals surface area contributed by atoms with E-state index in [1.165, 1.54) is 16.2 Å². The second-order valence-corrected chi connectivity index (χ2v) is 7.01. The minimum atomic E-state index is -0.371. The summed E-state index contributed by atoms with van der Waals surface area (Å²) in [4.78, 5) is 13.3. The van der Waals surface area contributed by atoms with Crippen LogP contribution in [-0.4, -0.2) is 16.1 Å². The van der Waals surface area contributed by atoms with Crippen molar-refractivity contribution in [2.45, 2.75) is 25.7 Å². The third-order valence-corrected chi connectivity index (χ3v) is 5.33. The van der Waals surface area contributed by atoms with Crippen molar-refractivity contribution in [3.63, 3.8) is 0 Å². The zero-order valence-corrected chi connectivity index (χ0v) is 12.7. The monoisotopic (exact) mass is 324 g/mol. The lowest BCUT2D eigenvalue weighted by Gasteiger charge is -2.09. The van der Waals surface area contributed by atoms with Gasteiger partial charge in [-0.05, 0) is 42.8 Å². The van der Waals surface area contributed by atoms with Crippen molar-refractivity contribution >= 4 is 45.2 Å². The first-order chi connectivity index (χ1) is 9.69. The van der Waals surface area contributed by atoms with Crippen LogP contribution in [0.2, 0.25) is 4.47 Å². The van der Waals surface area contributed by atoms with Crippen LogP contribution in [0.15, 0.2) is 0 Å². The number of hydrogen-bond donors (Lipinski definition) is 1. The van der Waals surface area contributed by atoms with E-state index >= 15 is 0 Å². The van der Waals surface area contributed by atoms with E-state index in [9.17, 15) is 10.1 Å². The predicted octanol–water partition coefficient (Wildman–Crippen LogP) is 3.26. The highest BCUT2D eigenvalue weighted by Crippen LogP contribution is 2.37. The molecule has 0 radical (unpaired) electrons. The Bertz CT molecular complexity index is 716. The Hall–Kier alpha value is -1.49. The normalized spacial score (nSPS) is 13.6. The Morgan fingerprint density at radius 2 is 2.10 bits per heavy atom. The Morgan fingerprint density at radius 1 is 1.30 bits per heavy atom. The molecule has 1 aliphatic carbocycles. The second-order valence-electron chi connectivity index (χ2n) is 4.34. The number of carbonyl (C=O) groups excluding carboxylic acids is 1. The van der Waals surface area contributed by atoms with E-state index in [1.54, 1.807) is 0 Å². The number of fused-ring (bicyclic) bond motifs is 1. The Labute approximate surface area is 128 Å². The molecule has 1 amide bonds. The molecule has 8 heteroatoms. The average Bonchev–Trinajstić information content (AvgIpc) is 3.01. The lowest BCUT2D eigenvalue weighted by Crippen LogP contribution is -2.11. The van der Waals surface area contributed by atoms with Gasteiger partial charge in [-0.3, -0.25) is 4.79 Å². The fourth-order valence-corrected chi connectivity index (χ4v) is 4.18. The second kappa shape index (κ2) is 5.48. The molecule has 0 unspecified atom stereocenters. The average molecular weight is 325 g/mol. The number of nitriles is 1. The van der Waals surface area contributed by atoms with E-state index in [2.05, 4.69) is 21.6 Å². The minimum absolute atomic E-state index is 0.199. The number of amides is 1. The Balaban J connectivity index is 1.89. The van der Waals surface area contributed by atoms with Crippen molar-refractivity contribution in [3.05, 3.63) is 25.5 Å². The van der Waals surface area contributed by atoms with Crippen LogP contribution in [0.5, 0.6) is 0 Å². The molecule has 0 atom stereocenters. The highest BCUT2D eigenvalue weighted by atomic mass is 35.5. The maximum absolute atomic E-state index is 12.0. The van der Waals surface area contributed by atoms with Gasteiger partial charge in [0.2, 0.25) is 9.47 Å². The summed E-state index contributed by atoms with van der Waals surface area (Å²) in [5, 5.41) is 20.2. The molecule has 3 rings (SSSR count). The van der Waals surface area contributed by atoms with Crippen molar-refractivity contribution in [1.82, 2.24) is 10.2 Å². The molecule has 0 bridgehead atoms. The summed E-state index contributed by atoms with van der Waals surface area (Å²) in [5.41, 5.74) is 1.68. The molecular weight excluding hydrogens is 316 g/mol. The maximum atomic E-state index is 12.0. The van der Waals surface area contributed by atoms with Gasteiger partial charge in [-0.15, -0.1) is 21.5 Å². The number of carbonyl (C=O) groups is 1. The molecule has 0 saturated carbocycles. The molecule has 102 valence electrons. The Kier molecular flexibility index (Phi) is 3.70. The van der Waals surface area contributed by atoms with Gasteiger partial charge < -0.3 is 5.32 Å². The van der Waals surface area contributed by atoms with Crippen LogP contribution in [0.4, 0.5) is 5.00 Å². The van der Waals surface area contributed by atoms with Gasteiger partial charge in [0.25, 0.3) is 5.91 Å². The minimum Gasteiger partial charge on any atom is -0.310 e. The van der Waals surface area contributed by atoms with E-state index in [0.717, 1.165) is 42.6 Å². The number of thiophene rings is 1. The Morgan fingerprint density at radius 3 is 2.80 bits per heavy atom. The molecule has 2 heterocycles. The quantitative estimate of drug-likeness (QED) is 0.919. The van der Waals surface area contributed by atoms with Crippen molar-refractivity contribution in [2.24, 2.45) is 0 Å². The largest absolute Gasteiger partial charge is 0.310 e. The topological polar surface area (TPSA) is 78.7 Å². The molecule has 2 aromatic rings. The van der Waals surface area contributed by atoms with Gasteiger partial charge in [0.05, 0.1) is 5.56 Å². The summed E-state index contributed by atoms with van der Waals surface area (Å²) in [6.45, 7) is 0. The van der Waals surface area contributed by atoms with Gasteiger partial charge in [0.15, 0.2) is 0 Å². The van der Waals surface area contributed by atoms with Gasteiger partial charge in [0, 0.05) is 4.88 Å². The van der Waals surface area contributed by atoms with Crippen LogP contribution in [0.25, 0.3) is 0 Å². The first-order valence-electron chi connectivity index (χ1n) is 6.04. The SMILES string of the molecule is N#Cc1c(NC(=O)c2nnc(Cl)s2)sc2c1CCCC2. The molecule has 5 nitrogen and oxygen atoms in total. The number of anilines is 1. The van der Waals surface area contributed by atoms with Gasteiger partial charge in [-0.25, -0.2) is 0 Å². The molecule has 1 N–H and O–H groups in total. The molecule has 0 aliphatic heterocycles. The summed E-state index contributed by atoms with van der Waals surface area (Å²) in [6.07, 6.45) is 4.13. The van der Waals surface area contributed by atoms with Gasteiger partial charge in [-0.1, -0.05) is 11.3 Å².